The standard InChI is InChI=1S/C25H30Cl2N2O4S/c26-22-9-4-10-23(27)21(22)17-34(31,32)29-13-5-6-19(16-29)24(30)28-18-25(11-14-33-15-12-25)20-7-2-1-3-8-20/h1-4,7-10,19H,5-6,11-18H2,(H,28,30). The first-order chi connectivity index (χ1) is 16.3. The number of piperidine rings is 1. The number of rotatable bonds is 7. The van der Waals surface area contributed by atoms with E-state index in [0.717, 1.165) is 12.8 Å². The van der Waals surface area contributed by atoms with Crippen LogP contribution < -0.4 is 5.32 Å². The third-order valence-electron chi connectivity index (χ3n) is 6.97. The van der Waals surface area contributed by atoms with E-state index in [4.69, 9.17) is 27.9 Å². The van der Waals surface area contributed by atoms with Gasteiger partial charge in [-0.05, 0) is 43.4 Å². The molecule has 184 valence electrons. The Bertz CT molecular complexity index is 1080. The molecule has 2 saturated heterocycles. The maximum absolute atomic E-state index is 13.1. The average Bonchev–Trinajstić information content (AvgIpc) is 2.86. The molecule has 34 heavy (non-hydrogen) atoms. The first-order valence-corrected chi connectivity index (χ1v) is 14.0. The van der Waals surface area contributed by atoms with Crippen LogP contribution in [-0.2, 0) is 30.7 Å². The number of hydrogen-bond donors (Lipinski definition) is 1. The Morgan fingerprint density at radius 1 is 1.06 bits per heavy atom. The van der Waals surface area contributed by atoms with Gasteiger partial charge in [-0.15, -0.1) is 0 Å². The number of carbonyl (C=O) groups is 1. The summed E-state index contributed by atoms with van der Waals surface area (Å²) in [5.41, 5.74) is 1.42. The zero-order chi connectivity index (χ0) is 24.2. The molecule has 0 aromatic heterocycles. The summed E-state index contributed by atoms with van der Waals surface area (Å²) in [6.07, 6.45) is 2.96. The molecule has 2 aliphatic rings. The van der Waals surface area contributed by atoms with Crippen molar-refractivity contribution < 1.29 is 17.9 Å². The fourth-order valence-electron chi connectivity index (χ4n) is 4.87. The van der Waals surface area contributed by atoms with E-state index < -0.39 is 15.9 Å². The van der Waals surface area contributed by atoms with Gasteiger partial charge in [0.25, 0.3) is 0 Å². The second-order valence-electron chi connectivity index (χ2n) is 9.13. The van der Waals surface area contributed by atoms with Gasteiger partial charge in [0.05, 0.1) is 11.7 Å². The molecule has 0 saturated carbocycles. The lowest BCUT2D eigenvalue weighted by molar-refractivity contribution is -0.126. The molecule has 4 rings (SSSR count). The largest absolute Gasteiger partial charge is 0.381 e. The van der Waals surface area contributed by atoms with E-state index >= 15 is 0 Å². The second-order valence-corrected chi connectivity index (χ2v) is 11.9. The molecule has 0 aliphatic carbocycles. The number of sulfonamides is 1. The van der Waals surface area contributed by atoms with Gasteiger partial charge >= 0.3 is 0 Å². The molecule has 9 heteroatoms. The number of carbonyl (C=O) groups excluding carboxylic acids is 1. The zero-order valence-corrected chi connectivity index (χ0v) is 21.3. The van der Waals surface area contributed by atoms with E-state index in [1.807, 2.05) is 18.2 Å². The molecule has 1 atom stereocenters. The zero-order valence-electron chi connectivity index (χ0n) is 19.0. The molecule has 2 fully saturated rings. The Labute approximate surface area is 211 Å². The van der Waals surface area contributed by atoms with Crippen molar-refractivity contribution in [2.24, 2.45) is 5.92 Å². The lowest BCUT2D eigenvalue weighted by atomic mass is 9.74. The molecule has 1 N–H and O–H groups in total. The fraction of sp³-hybridized carbons (Fsp3) is 0.480. The third-order valence-corrected chi connectivity index (χ3v) is 9.45. The molecule has 0 radical (unpaired) electrons. The smallest absolute Gasteiger partial charge is 0.224 e. The highest BCUT2D eigenvalue weighted by Gasteiger charge is 2.37. The summed E-state index contributed by atoms with van der Waals surface area (Å²) in [5.74, 6) is -0.771. The van der Waals surface area contributed by atoms with E-state index in [1.54, 1.807) is 18.2 Å². The van der Waals surface area contributed by atoms with Gasteiger partial charge in [-0.3, -0.25) is 4.79 Å². The van der Waals surface area contributed by atoms with Crippen molar-refractivity contribution in [3.05, 3.63) is 69.7 Å². The van der Waals surface area contributed by atoms with Crippen LogP contribution in [0.3, 0.4) is 0 Å². The highest BCUT2D eigenvalue weighted by molar-refractivity contribution is 7.88. The van der Waals surface area contributed by atoms with Crippen molar-refractivity contribution in [3.63, 3.8) is 0 Å². The molecule has 2 aromatic rings. The molecule has 0 bridgehead atoms. The number of ether oxygens (including phenoxy) is 1. The summed E-state index contributed by atoms with van der Waals surface area (Å²) in [4.78, 5) is 13.1. The molecule has 1 amide bonds. The van der Waals surface area contributed by atoms with Crippen LogP contribution in [0.2, 0.25) is 10.0 Å². The molecular weight excluding hydrogens is 495 g/mol. The van der Waals surface area contributed by atoms with Crippen LogP contribution >= 0.6 is 23.2 Å². The van der Waals surface area contributed by atoms with Gasteiger partial charge in [-0.1, -0.05) is 59.6 Å². The summed E-state index contributed by atoms with van der Waals surface area (Å²) in [7, 11) is -3.67. The summed E-state index contributed by atoms with van der Waals surface area (Å²) >= 11 is 12.4. The van der Waals surface area contributed by atoms with Crippen LogP contribution in [0.5, 0.6) is 0 Å². The predicted molar refractivity (Wildman–Crippen MR) is 135 cm³/mol. The number of halogens is 2. The Morgan fingerprint density at radius 2 is 1.74 bits per heavy atom. The quantitative estimate of drug-likeness (QED) is 0.582. The lowest BCUT2D eigenvalue weighted by Crippen LogP contribution is -2.49. The van der Waals surface area contributed by atoms with Crippen molar-refractivity contribution in [1.29, 1.82) is 0 Å². The minimum Gasteiger partial charge on any atom is -0.381 e. The van der Waals surface area contributed by atoms with Gasteiger partial charge in [0.2, 0.25) is 15.9 Å². The molecule has 2 aliphatic heterocycles. The van der Waals surface area contributed by atoms with Crippen molar-refractivity contribution in [2.75, 3.05) is 32.8 Å². The summed E-state index contributed by atoms with van der Waals surface area (Å²) in [6.45, 7) is 2.38. The van der Waals surface area contributed by atoms with Crippen LogP contribution in [0.4, 0.5) is 0 Å². The topological polar surface area (TPSA) is 75.7 Å². The average molecular weight is 525 g/mol. The van der Waals surface area contributed by atoms with Crippen molar-refractivity contribution in [3.8, 4) is 0 Å². The highest BCUT2D eigenvalue weighted by Crippen LogP contribution is 2.34. The number of nitrogens with zero attached hydrogens (tertiary/aromatic N) is 1. The van der Waals surface area contributed by atoms with Crippen LogP contribution in [0.1, 0.15) is 36.8 Å². The van der Waals surface area contributed by atoms with Gasteiger partial charge in [0.1, 0.15) is 0 Å². The van der Waals surface area contributed by atoms with Gasteiger partial charge < -0.3 is 10.1 Å². The van der Waals surface area contributed by atoms with Crippen molar-refractivity contribution in [2.45, 2.75) is 36.9 Å². The Morgan fingerprint density at radius 3 is 2.41 bits per heavy atom. The number of amides is 1. The Kier molecular flexibility index (Phi) is 8.20. The monoisotopic (exact) mass is 524 g/mol. The fourth-order valence-corrected chi connectivity index (χ4v) is 7.24. The van der Waals surface area contributed by atoms with E-state index in [0.29, 0.717) is 54.8 Å². The molecule has 0 spiro atoms. The van der Waals surface area contributed by atoms with Crippen LogP contribution in [0, 0.1) is 5.92 Å². The third kappa shape index (κ3) is 5.77. The molecule has 6 nitrogen and oxygen atoms in total. The van der Waals surface area contributed by atoms with Gasteiger partial charge in [0, 0.05) is 53.9 Å². The number of hydrogen-bond acceptors (Lipinski definition) is 4. The highest BCUT2D eigenvalue weighted by atomic mass is 35.5. The van der Waals surface area contributed by atoms with E-state index in [1.165, 1.54) is 9.87 Å². The number of benzene rings is 2. The maximum Gasteiger partial charge on any atom is 0.224 e. The first kappa shape index (κ1) is 25.5. The summed E-state index contributed by atoms with van der Waals surface area (Å²) in [6, 6.07) is 15.2. The van der Waals surface area contributed by atoms with Gasteiger partial charge in [-0.25, -0.2) is 12.7 Å². The molecule has 2 aromatic carbocycles. The van der Waals surface area contributed by atoms with Gasteiger partial charge in [-0.2, -0.15) is 0 Å². The van der Waals surface area contributed by atoms with E-state index in [9.17, 15) is 13.2 Å². The molecule has 2 heterocycles. The number of nitrogens with one attached hydrogen (secondary N) is 1. The molecular formula is C25H30Cl2N2O4S. The van der Waals surface area contributed by atoms with Gasteiger partial charge in [0.15, 0.2) is 0 Å². The summed E-state index contributed by atoms with van der Waals surface area (Å²) in [5, 5.41) is 3.79. The predicted octanol–water partition coefficient (Wildman–Crippen LogP) is 4.40. The minimum atomic E-state index is -3.67. The summed E-state index contributed by atoms with van der Waals surface area (Å²) < 4.78 is 33.2. The first-order valence-electron chi connectivity index (χ1n) is 11.6. The minimum absolute atomic E-state index is 0.0996. The van der Waals surface area contributed by atoms with Crippen molar-refractivity contribution in [1.82, 2.24) is 9.62 Å². The maximum atomic E-state index is 13.1. The SMILES string of the molecule is O=C(NCC1(c2ccccc2)CCOCC1)C1CCCN(S(=O)(=O)Cc2c(Cl)cccc2Cl)C1. The second kappa shape index (κ2) is 11.0. The Hall–Kier alpha value is -1.64. The molecule has 1 unspecified atom stereocenters. The normalized spacial score (nSPS) is 21.2. The lowest BCUT2D eigenvalue weighted by Gasteiger charge is -2.38. The van der Waals surface area contributed by atoms with Crippen LogP contribution in [0.15, 0.2) is 48.5 Å². The van der Waals surface area contributed by atoms with E-state index in [-0.39, 0.29) is 23.6 Å². The van der Waals surface area contributed by atoms with E-state index in [2.05, 4.69) is 17.4 Å². The van der Waals surface area contributed by atoms with Crippen LogP contribution in [0.25, 0.3) is 0 Å². The van der Waals surface area contributed by atoms with Crippen molar-refractivity contribution >= 4 is 39.1 Å². The van der Waals surface area contributed by atoms with Crippen LogP contribution in [-0.4, -0.2) is 51.5 Å². The Balaban J connectivity index is 1.42.